The lowest BCUT2D eigenvalue weighted by molar-refractivity contribution is -0.127. The zero-order valence-corrected chi connectivity index (χ0v) is 18.0. The van der Waals surface area contributed by atoms with Crippen LogP contribution >= 0.6 is 0 Å². The highest BCUT2D eigenvalue weighted by molar-refractivity contribution is 5.87. The summed E-state index contributed by atoms with van der Waals surface area (Å²) in [5.74, 6) is -0.247. The third-order valence-electron chi connectivity index (χ3n) is 4.50. The van der Waals surface area contributed by atoms with Crippen molar-refractivity contribution in [3.63, 3.8) is 0 Å². The molecule has 168 valence electrons. The highest BCUT2D eigenvalue weighted by Gasteiger charge is 2.23. The first-order valence-corrected chi connectivity index (χ1v) is 10.1. The Bertz CT molecular complexity index is 652. The van der Waals surface area contributed by atoms with Crippen LogP contribution in [0.25, 0.3) is 0 Å². The molecule has 0 aromatic rings. The summed E-state index contributed by atoms with van der Waals surface area (Å²) in [6.45, 7) is 16.6. The standard InChI is InChI=1S/C22H33FN2O5/c1-6-21(26)25-10-7-19(8-11-25)30-22(27)24-9-12-28-13-14-29-20(15-17(4)23)18(5)16(2)3/h6,15-16,19H,1,4-5,7-14H2,2-3H3,(H,24,27)/b20-15+. The lowest BCUT2D eigenvalue weighted by Gasteiger charge is -2.30. The number of amides is 2. The molecular formula is C22H33FN2O5. The average Bonchev–Trinajstić information content (AvgIpc) is 2.71. The first kappa shape index (κ1) is 25.4. The zero-order chi connectivity index (χ0) is 22.5. The number of rotatable bonds is 12. The first-order chi connectivity index (χ1) is 14.2. The Hall–Kier alpha value is -2.61. The van der Waals surface area contributed by atoms with Crippen molar-refractivity contribution in [2.45, 2.75) is 32.8 Å². The Morgan fingerprint density at radius 2 is 1.87 bits per heavy atom. The van der Waals surface area contributed by atoms with Crippen LogP contribution < -0.4 is 5.32 Å². The van der Waals surface area contributed by atoms with Crippen LogP contribution in [-0.2, 0) is 19.0 Å². The van der Waals surface area contributed by atoms with E-state index < -0.39 is 11.9 Å². The highest BCUT2D eigenvalue weighted by atomic mass is 19.1. The van der Waals surface area contributed by atoms with Crippen molar-refractivity contribution in [2.75, 3.05) is 39.5 Å². The van der Waals surface area contributed by atoms with Crippen molar-refractivity contribution in [1.82, 2.24) is 10.2 Å². The molecule has 0 unspecified atom stereocenters. The summed E-state index contributed by atoms with van der Waals surface area (Å²) in [5.41, 5.74) is 0.679. The van der Waals surface area contributed by atoms with Crippen LogP contribution in [0.2, 0.25) is 0 Å². The second-order valence-electron chi connectivity index (χ2n) is 7.16. The normalized spacial score (nSPS) is 14.9. The van der Waals surface area contributed by atoms with Crippen LogP contribution in [0.1, 0.15) is 26.7 Å². The van der Waals surface area contributed by atoms with E-state index in [-0.39, 0.29) is 44.3 Å². The van der Waals surface area contributed by atoms with Crippen molar-refractivity contribution in [2.24, 2.45) is 5.92 Å². The van der Waals surface area contributed by atoms with Gasteiger partial charge in [0.15, 0.2) is 0 Å². The molecule has 0 atom stereocenters. The molecule has 8 heteroatoms. The van der Waals surface area contributed by atoms with Gasteiger partial charge in [0.25, 0.3) is 0 Å². The molecule has 1 aliphatic rings. The summed E-state index contributed by atoms with van der Waals surface area (Å²) < 4.78 is 29.3. The number of halogens is 1. The number of allylic oxidation sites excluding steroid dienone is 3. The van der Waals surface area contributed by atoms with E-state index in [1.807, 2.05) is 13.8 Å². The molecule has 1 rings (SSSR count). The minimum atomic E-state index is -0.603. The summed E-state index contributed by atoms with van der Waals surface area (Å²) >= 11 is 0. The Balaban J connectivity index is 2.15. The van der Waals surface area contributed by atoms with Gasteiger partial charge >= 0.3 is 6.09 Å². The van der Waals surface area contributed by atoms with Crippen molar-refractivity contribution in [1.29, 1.82) is 0 Å². The molecule has 1 saturated heterocycles. The van der Waals surface area contributed by atoms with Crippen LogP contribution in [0.3, 0.4) is 0 Å². The Morgan fingerprint density at radius 1 is 1.20 bits per heavy atom. The van der Waals surface area contributed by atoms with Gasteiger partial charge in [-0.05, 0) is 17.6 Å². The van der Waals surface area contributed by atoms with Crippen molar-refractivity contribution < 1.29 is 28.2 Å². The second kappa shape index (κ2) is 13.6. The quantitative estimate of drug-likeness (QED) is 0.225. The van der Waals surface area contributed by atoms with Crippen LogP contribution in [0.5, 0.6) is 0 Å². The Morgan fingerprint density at radius 3 is 2.43 bits per heavy atom. The van der Waals surface area contributed by atoms with Gasteiger partial charge in [0.05, 0.1) is 13.2 Å². The summed E-state index contributed by atoms with van der Waals surface area (Å²) in [6, 6.07) is 0. The SMILES string of the molecule is C=CC(=O)N1CCC(OC(=O)NCCOCCO/C(=C/C(=C)F)C(=C)C(C)C)CC1. The van der Waals surface area contributed by atoms with E-state index in [1.54, 1.807) is 4.90 Å². The zero-order valence-electron chi connectivity index (χ0n) is 18.0. The van der Waals surface area contributed by atoms with Gasteiger partial charge in [-0.1, -0.05) is 33.6 Å². The van der Waals surface area contributed by atoms with Crippen LogP contribution in [0.4, 0.5) is 9.18 Å². The number of piperidine rings is 1. The lowest BCUT2D eigenvalue weighted by atomic mass is 10.0. The van der Waals surface area contributed by atoms with Gasteiger partial charge in [0.2, 0.25) is 5.91 Å². The Labute approximate surface area is 178 Å². The minimum absolute atomic E-state index is 0.107. The molecule has 1 fully saturated rings. The lowest BCUT2D eigenvalue weighted by Crippen LogP contribution is -2.42. The van der Waals surface area contributed by atoms with Gasteiger partial charge in [0, 0.05) is 38.6 Å². The monoisotopic (exact) mass is 424 g/mol. The largest absolute Gasteiger partial charge is 0.491 e. The summed E-state index contributed by atoms with van der Waals surface area (Å²) in [6.07, 6.45) is 2.97. The molecular weight excluding hydrogens is 391 g/mol. The maximum absolute atomic E-state index is 13.1. The van der Waals surface area contributed by atoms with Crippen LogP contribution in [0, 0.1) is 5.92 Å². The number of nitrogens with zero attached hydrogens (tertiary/aromatic N) is 1. The third kappa shape index (κ3) is 9.73. The first-order valence-electron chi connectivity index (χ1n) is 10.1. The van der Waals surface area contributed by atoms with Gasteiger partial charge in [-0.3, -0.25) is 4.79 Å². The van der Waals surface area contributed by atoms with E-state index in [4.69, 9.17) is 14.2 Å². The van der Waals surface area contributed by atoms with Crippen LogP contribution in [-0.4, -0.2) is 62.5 Å². The number of alkyl carbamates (subject to hydrolysis) is 1. The molecule has 7 nitrogen and oxygen atoms in total. The summed E-state index contributed by atoms with van der Waals surface area (Å²) in [5, 5.41) is 2.62. The van der Waals surface area contributed by atoms with Gasteiger partial charge in [-0.2, -0.15) is 0 Å². The molecule has 1 N–H and O–H groups in total. The van der Waals surface area contributed by atoms with E-state index in [0.717, 1.165) is 0 Å². The molecule has 1 heterocycles. The van der Waals surface area contributed by atoms with Gasteiger partial charge in [-0.25, -0.2) is 9.18 Å². The van der Waals surface area contributed by atoms with Crippen LogP contribution in [0.15, 0.2) is 49.0 Å². The Kier molecular flexibility index (Phi) is 11.5. The molecule has 2 amide bonds. The maximum atomic E-state index is 13.1. The fraction of sp³-hybridized carbons (Fsp3) is 0.545. The molecule has 30 heavy (non-hydrogen) atoms. The van der Waals surface area contributed by atoms with Crippen molar-refractivity contribution in [3.8, 4) is 0 Å². The second-order valence-corrected chi connectivity index (χ2v) is 7.16. The fourth-order valence-corrected chi connectivity index (χ4v) is 2.71. The highest BCUT2D eigenvalue weighted by Crippen LogP contribution is 2.20. The van der Waals surface area contributed by atoms with Gasteiger partial charge < -0.3 is 24.4 Å². The molecule has 1 aliphatic heterocycles. The van der Waals surface area contributed by atoms with E-state index in [9.17, 15) is 14.0 Å². The fourth-order valence-electron chi connectivity index (χ4n) is 2.71. The average molecular weight is 425 g/mol. The maximum Gasteiger partial charge on any atom is 0.407 e. The predicted octanol–water partition coefficient (Wildman–Crippen LogP) is 3.50. The summed E-state index contributed by atoms with van der Waals surface area (Å²) in [4.78, 5) is 25.0. The van der Waals surface area contributed by atoms with E-state index in [2.05, 4.69) is 25.1 Å². The van der Waals surface area contributed by atoms with Crippen molar-refractivity contribution in [3.05, 3.63) is 49.0 Å². The number of likely N-dealkylation sites (tertiary alicyclic amines) is 1. The van der Waals surface area contributed by atoms with E-state index in [0.29, 0.717) is 37.3 Å². The number of ether oxygens (including phenoxy) is 3. The molecule has 0 radical (unpaired) electrons. The number of nitrogens with one attached hydrogen (secondary N) is 1. The number of carbonyl (C=O) groups excluding carboxylic acids is 2. The smallest absolute Gasteiger partial charge is 0.407 e. The van der Waals surface area contributed by atoms with E-state index >= 15 is 0 Å². The van der Waals surface area contributed by atoms with Crippen molar-refractivity contribution >= 4 is 12.0 Å². The van der Waals surface area contributed by atoms with Gasteiger partial charge in [0.1, 0.15) is 24.3 Å². The molecule has 0 aromatic heterocycles. The number of carbonyl (C=O) groups is 2. The van der Waals surface area contributed by atoms with E-state index in [1.165, 1.54) is 12.2 Å². The molecule has 0 aromatic carbocycles. The topological polar surface area (TPSA) is 77.1 Å². The summed E-state index contributed by atoms with van der Waals surface area (Å²) in [7, 11) is 0. The number of hydrogen-bond acceptors (Lipinski definition) is 5. The molecule has 0 bridgehead atoms. The predicted molar refractivity (Wildman–Crippen MR) is 113 cm³/mol. The van der Waals surface area contributed by atoms with Gasteiger partial charge in [-0.15, -0.1) is 0 Å². The third-order valence-corrected chi connectivity index (χ3v) is 4.50. The molecule has 0 spiro atoms. The number of hydrogen-bond donors (Lipinski definition) is 1. The molecule has 0 aliphatic carbocycles. The minimum Gasteiger partial charge on any atom is -0.491 e. The molecule has 0 saturated carbocycles.